The minimum Gasteiger partial charge on any atom is -0.465 e. The summed E-state index contributed by atoms with van der Waals surface area (Å²) in [7, 11) is 2.97. The Morgan fingerprint density at radius 2 is 1.61 bits per heavy atom. The first kappa shape index (κ1) is 56.9. The molecule has 0 saturated carbocycles. The van der Waals surface area contributed by atoms with Crippen LogP contribution in [0.2, 0.25) is 0 Å². The summed E-state index contributed by atoms with van der Waals surface area (Å²) in [6, 6.07) is 13.7. The molecule has 0 radical (unpaired) electrons. The molecule has 1 aromatic carbocycles. The molecule has 3 amide bonds. The number of esters is 1. The van der Waals surface area contributed by atoms with Gasteiger partial charge < -0.3 is 60.2 Å². The van der Waals surface area contributed by atoms with Gasteiger partial charge in [0.25, 0.3) is 0 Å². The van der Waals surface area contributed by atoms with E-state index >= 15 is 0 Å². The number of carbonyl (C=O) groups is 4. The first-order valence-corrected chi connectivity index (χ1v) is 25.1. The highest BCUT2D eigenvalue weighted by atomic mass is 33.1. The van der Waals surface area contributed by atoms with Gasteiger partial charge in [-0.2, -0.15) is 0 Å². The van der Waals surface area contributed by atoms with E-state index in [1.54, 1.807) is 27.0 Å². The van der Waals surface area contributed by atoms with Crippen molar-refractivity contribution in [1.82, 2.24) is 20.9 Å². The number of rotatable bonds is 28. The number of nitrogens with zero attached hydrogens (tertiary/aromatic N) is 2. The SMILES string of the molecule is [C-]#[N+]C(C)(CCC(=O)OCCSSc1ccccn1)CC(C)(C(=O)NCCOCCO[C@@H]1O[C@H](CO)[C@H](O)[C@H](O)[C@H]1NC(C)=O)C(C)(C)CC(C)(SC(=S)c1ccccc1)C(=O)NCCO. The van der Waals surface area contributed by atoms with E-state index in [4.69, 9.17) is 37.7 Å². The number of ether oxygens (including phenoxy) is 4. The van der Waals surface area contributed by atoms with Gasteiger partial charge in [0.05, 0.1) is 53.8 Å². The average Bonchev–Trinajstić information content (AvgIpc) is 3.29. The van der Waals surface area contributed by atoms with Gasteiger partial charge in [-0.15, -0.1) is 0 Å². The van der Waals surface area contributed by atoms with E-state index in [0.717, 1.165) is 10.6 Å². The average molecular weight is 996 g/mol. The molecular weight excluding hydrogens is 931 g/mol. The predicted octanol–water partition coefficient (Wildman–Crippen LogP) is 3.71. The molecule has 366 valence electrons. The molecule has 0 spiro atoms. The van der Waals surface area contributed by atoms with Crippen molar-refractivity contribution in [2.45, 2.75) is 113 Å². The Morgan fingerprint density at radius 1 is 0.909 bits per heavy atom. The fraction of sp³-hybridized carbons (Fsp3) is 0.622. The molecule has 1 saturated heterocycles. The Morgan fingerprint density at radius 3 is 2.24 bits per heavy atom. The third kappa shape index (κ3) is 17.3. The fourth-order valence-corrected chi connectivity index (χ4v) is 11.1. The van der Waals surface area contributed by atoms with Gasteiger partial charge in [-0.3, -0.25) is 19.2 Å². The number of aliphatic hydroxyl groups excluding tert-OH is 4. The first-order valence-electron chi connectivity index (χ1n) is 21.5. The van der Waals surface area contributed by atoms with Crippen molar-refractivity contribution < 1.29 is 58.6 Å². The standard InChI is InChI=1S/C45H65N5O12S4/c1-30(53)50-35-37(56)36(55)32(27-52)62-38(35)61-24-23-59-22-20-49-40(57)44(5,29-43(4,46-7)17-16-34(54)60-25-26-64-66-33-15-11-12-18-47-33)42(2,3)28-45(6,41(58)48-19-21-51)65-39(63)31-13-9-8-10-14-31/h8-15,18,32,35-38,51-52,55-56H,16-17,19-29H2,1-6H3,(H,48,58)(H,49,57)(H,50,53)/t32-,35-,36+,37-,38-,43?,44?,45?/m1/s1. The van der Waals surface area contributed by atoms with Crippen LogP contribution in [0.3, 0.4) is 0 Å². The molecule has 0 bridgehead atoms. The minimum absolute atomic E-state index is 0.00122. The molecule has 2 heterocycles. The Bertz CT molecular complexity index is 1920. The molecule has 21 heteroatoms. The summed E-state index contributed by atoms with van der Waals surface area (Å²) in [6.45, 7) is 17.8. The molecular formula is C45H65N5O12S4. The lowest BCUT2D eigenvalue weighted by Gasteiger charge is -2.48. The number of hydrogen-bond donors (Lipinski definition) is 7. The summed E-state index contributed by atoms with van der Waals surface area (Å²) in [5.74, 6) is -1.24. The second kappa shape index (κ2) is 27.6. The van der Waals surface area contributed by atoms with Crippen LogP contribution in [0.25, 0.3) is 4.85 Å². The zero-order valence-electron chi connectivity index (χ0n) is 38.4. The monoisotopic (exact) mass is 995 g/mol. The van der Waals surface area contributed by atoms with Gasteiger partial charge in [-0.05, 0) is 54.2 Å². The van der Waals surface area contributed by atoms with Gasteiger partial charge in [-0.1, -0.05) is 85.0 Å². The van der Waals surface area contributed by atoms with Gasteiger partial charge in [0.15, 0.2) is 6.29 Å². The molecule has 8 atom stereocenters. The normalized spacial score (nSPS) is 21.2. The first-order chi connectivity index (χ1) is 31.2. The molecule has 1 fully saturated rings. The van der Waals surface area contributed by atoms with E-state index in [-0.39, 0.29) is 71.8 Å². The van der Waals surface area contributed by atoms with Gasteiger partial charge in [-0.25, -0.2) is 11.6 Å². The third-order valence-corrected chi connectivity index (χ3v) is 15.3. The lowest BCUT2D eigenvalue weighted by atomic mass is 9.57. The number of carbonyl (C=O) groups excluding carboxylic acids is 4. The lowest BCUT2D eigenvalue weighted by Crippen LogP contribution is -2.64. The number of nitrogens with one attached hydrogen (secondary N) is 3. The van der Waals surface area contributed by atoms with Crippen LogP contribution in [0.5, 0.6) is 0 Å². The molecule has 3 unspecified atom stereocenters. The number of aromatic nitrogens is 1. The fourth-order valence-electron chi connectivity index (χ4n) is 7.47. The van der Waals surface area contributed by atoms with Crippen molar-refractivity contribution in [3.8, 4) is 0 Å². The second-order valence-corrected chi connectivity index (χ2v) is 21.7. The summed E-state index contributed by atoms with van der Waals surface area (Å²) in [5.41, 5.74) is -2.86. The molecule has 7 N–H and O–H groups in total. The van der Waals surface area contributed by atoms with Crippen molar-refractivity contribution in [3.63, 3.8) is 0 Å². The highest BCUT2D eigenvalue weighted by Gasteiger charge is 2.56. The second-order valence-electron chi connectivity index (χ2n) is 17.1. The molecule has 1 aliphatic rings. The quantitative estimate of drug-likeness (QED) is 0.0212. The summed E-state index contributed by atoms with van der Waals surface area (Å²) in [6.07, 6.45) is -3.45. The van der Waals surface area contributed by atoms with Crippen LogP contribution in [-0.4, -0.2) is 153 Å². The topological polar surface area (TPSA) is 239 Å². The summed E-state index contributed by atoms with van der Waals surface area (Å²) < 4.78 is 21.8. The number of thioether (sulfide) groups is 1. The smallest absolute Gasteiger partial charge is 0.306 e. The van der Waals surface area contributed by atoms with E-state index in [1.807, 2.05) is 62.4 Å². The molecule has 2 aromatic rings. The lowest BCUT2D eigenvalue weighted by molar-refractivity contribution is -0.272. The van der Waals surface area contributed by atoms with E-state index < -0.39 is 82.1 Å². The van der Waals surface area contributed by atoms with Crippen molar-refractivity contribution in [1.29, 1.82) is 0 Å². The predicted molar refractivity (Wildman–Crippen MR) is 258 cm³/mol. The highest BCUT2D eigenvalue weighted by Crippen LogP contribution is 2.53. The molecule has 66 heavy (non-hydrogen) atoms. The van der Waals surface area contributed by atoms with Crippen molar-refractivity contribution in [3.05, 3.63) is 71.7 Å². The summed E-state index contributed by atoms with van der Waals surface area (Å²) >= 11 is 7.02. The maximum Gasteiger partial charge on any atom is 0.306 e. The Balaban J connectivity index is 1.77. The number of aliphatic hydroxyl groups is 4. The number of hydrogen-bond acceptors (Lipinski definition) is 17. The molecule has 1 aliphatic heterocycles. The third-order valence-electron chi connectivity index (χ3n) is 11.4. The van der Waals surface area contributed by atoms with E-state index in [2.05, 4.69) is 25.8 Å². The van der Waals surface area contributed by atoms with Crippen LogP contribution in [0.1, 0.15) is 72.8 Å². The van der Waals surface area contributed by atoms with Crippen LogP contribution in [0.4, 0.5) is 0 Å². The Hall–Kier alpha value is -3.40. The molecule has 3 rings (SSSR count). The van der Waals surface area contributed by atoms with Gasteiger partial charge in [0.2, 0.25) is 23.3 Å². The van der Waals surface area contributed by atoms with Crippen molar-refractivity contribution in [2.24, 2.45) is 10.8 Å². The van der Waals surface area contributed by atoms with Crippen LogP contribution < -0.4 is 16.0 Å². The molecule has 17 nitrogen and oxygen atoms in total. The molecule has 0 aliphatic carbocycles. The maximum atomic E-state index is 14.7. The number of thiocarbonyl (C=S) groups is 1. The maximum absolute atomic E-state index is 14.7. The number of amides is 3. The van der Waals surface area contributed by atoms with Gasteiger partial charge in [0.1, 0.15) is 36.0 Å². The van der Waals surface area contributed by atoms with Crippen LogP contribution in [-0.2, 0) is 38.1 Å². The highest BCUT2D eigenvalue weighted by molar-refractivity contribution is 8.76. The minimum atomic E-state index is -1.47. The van der Waals surface area contributed by atoms with Crippen LogP contribution >= 0.6 is 45.6 Å². The Kier molecular flexibility index (Phi) is 23.8. The van der Waals surface area contributed by atoms with Crippen molar-refractivity contribution >= 4 is 73.5 Å². The summed E-state index contributed by atoms with van der Waals surface area (Å²) in [5, 5.41) is 49.1. The van der Waals surface area contributed by atoms with Crippen LogP contribution in [0, 0.1) is 17.4 Å². The van der Waals surface area contributed by atoms with Gasteiger partial charge in [0, 0.05) is 51.7 Å². The van der Waals surface area contributed by atoms with E-state index in [9.17, 15) is 39.6 Å². The molecule has 1 aromatic heterocycles. The number of benzene rings is 1. The zero-order chi connectivity index (χ0) is 49.0. The van der Waals surface area contributed by atoms with Crippen LogP contribution in [0.15, 0.2) is 59.8 Å². The number of pyridine rings is 1. The largest absolute Gasteiger partial charge is 0.465 e. The Labute approximate surface area is 405 Å². The summed E-state index contributed by atoms with van der Waals surface area (Å²) in [4.78, 5) is 61.7. The van der Waals surface area contributed by atoms with Gasteiger partial charge >= 0.3 is 5.97 Å². The van der Waals surface area contributed by atoms with Crippen molar-refractivity contribution in [2.75, 3.05) is 58.5 Å². The van der Waals surface area contributed by atoms with E-state index in [0.29, 0.717) is 9.95 Å². The zero-order valence-corrected chi connectivity index (χ0v) is 41.6. The van der Waals surface area contributed by atoms with E-state index in [1.165, 1.54) is 40.3 Å².